The molecule has 6 nitrogen and oxygen atoms in total. The number of amides is 2. The predicted octanol–water partition coefficient (Wildman–Crippen LogP) is 3.75. The zero-order valence-electron chi connectivity index (χ0n) is 16.8. The van der Waals surface area contributed by atoms with E-state index in [0.29, 0.717) is 12.0 Å². The van der Waals surface area contributed by atoms with E-state index >= 15 is 0 Å². The van der Waals surface area contributed by atoms with Crippen LogP contribution in [0, 0.1) is 0 Å². The smallest absolute Gasteiger partial charge is 0.253 e. The van der Waals surface area contributed by atoms with E-state index in [1.165, 1.54) is 0 Å². The molecule has 6 heteroatoms. The fourth-order valence-electron chi connectivity index (χ4n) is 4.03. The Morgan fingerprint density at radius 3 is 2.76 bits per heavy atom. The Balaban J connectivity index is 1.43. The number of hydrogen-bond acceptors (Lipinski definition) is 3. The molecule has 0 spiro atoms. The van der Waals surface area contributed by atoms with Crippen molar-refractivity contribution < 1.29 is 9.59 Å². The lowest BCUT2D eigenvalue weighted by molar-refractivity contribution is -0.121. The molecule has 3 aromatic rings. The van der Waals surface area contributed by atoms with Crippen LogP contribution in [0.3, 0.4) is 0 Å². The first-order chi connectivity index (χ1) is 14.0. The molecule has 2 heterocycles. The molecule has 0 bridgehead atoms. The molecule has 0 unspecified atom stereocenters. The quantitative estimate of drug-likeness (QED) is 0.696. The summed E-state index contributed by atoms with van der Waals surface area (Å²) in [5.74, 6) is 0.0877. The molecular weight excluding hydrogens is 364 g/mol. The van der Waals surface area contributed by atoms with E-state index in [1.54, 1.807) is 0 Å². The van der Waals surface area contributed by atoms with Crippen molar-refractivity contribution >= 4 is 22.7 Å². The van der Waals surface area contributed by atoms with Gasteiger partial charge in [-0.25, -0.2) is 0 Å². The number of H-pyrrole nitrogens is 1. The highest BCUT2D eigenvalue weighted by molar-refractivity contribution is 5.95. The summed E-state index contributed by atoms with van der Waals surface area (Å²) in [6.07, 6.45) is 6.86. The van der Waals surface area contributed by atoms with Gasteiger partial charge >= 0.3 is 0 Å². The molecular formula is C23H26N4O2. The van der Waals surface area contributed by atoms with Gasteiger partial charge in [0, 0.05) is 48.3 Å². The normalized spacial score (nSPS) is 18.7. The van der Waals surface area contributed by atoms with Gasteiger partial charge in [-0.2, -0.15) is 0 Å². The van der Waals surface area contributed by atoms with Crippen LogP contribution < -0.4 is 5.32 Å². The Morgan fingerprint density at radius 1 is 1.21 bits per heavy atom. The van der Waals surface area contributed by atoms with Crippen molar-refractivity contribution in [3.8, 4) is 11.3 Å². The molecule has 150 valence electrons. The largest absolute Gasteiger partial charge is 0.360 e. The minimum Gasteiger partial charge on any atom is -0.360 e. The molecule has 4 rings (SSSR count). The Morgan fingerprint density at radius 2 is 2.00 bits per heavy atom. The van der Waals surface area contributed by atoms with Gasteiger partial charge in [0.15, 0.2) is 0 Å². The van der Waals surface area contributed by atoms with Gasteiger partial charge in [-0.15, -0.1) is 0 Å². The molecule has 1 aromatic carbocycles. The Bertz CT molecular complexity index is 1020. The topological polar surface area (TPSA) is 78.1 Å². The van der Waals surface area contributed by atoms with E-state index in [9.17, 15) is 9.59 Å². The maximum atomic E-state index is 12.9. The maximum Gasteiger partial charge on any atom is 0.253 e. The molecule has 0 saturated heterocycles. The molecule has 2 aromatic heterocycles. The molecule has 1 fully saturated rings. The number of fused-ring (bicyclic) bond motifs is 1. The third-order valence-corrected chi connectivity index (χ3v) is 5.82. The first-order valence-corrected chi connectivity index (χ1v) is 10.1. The summed E-state index contributed by atoms with van der Waals surface area (Å²) in [5, 5.41) is 4.15. The summed E-state index contributed by atoms with van der Waals surface area (Å²) in [5.41, 5.74) is 3.54. The second-order valence-electron chi connectivity index (χ2n) is 7.71. The first kappa shape index (κ1) is 19.2. The second-order valence-corrected chi connectivity index (χ2v) is 7.71. The van der Waals surface area contributed by atoms with Crippen LogP contribution in [0.1, 0.15) is 43.0 Å². The zero-order valence-corrected chi connectivity index (χ0v) is 16.8. The average molecular weight is 390 g/mol. The number of benzene rings is 1. The van der Waals surface area contributed by atoms with E-state index in [1.807, 2.05) is 67.7 Å². The van der Waals surface area contributed by atoms with Crippen molar-refractivity contribution in [3.05, 3.63) is 54.4 Å². The van der Waals surface area contributed by atoms with Gasteiger partial charge in [-0.3, -0.25) is 14.6 Å². The van der Waals surface area contributed by atoms with Crippen molar-refractivity contribution in [2.24, 2.45) is 0 Å². The standard InChI is InChI=1S/C23H26N4O2/c1-3-22(28)26-18-8-9-19(13-18)27(2)23(29)16-6-4-15(5-7-16)20-12-17-10-11-24-21(17)14-25-20/h4-7,10-12,14,18-19,24H,3,8-9,13H2,1-2H3,(H,26,28)/t18-,19+/m0/s1. The number of nitrogens with zero attached hydrogens (tertiary/aromatic N) is 2. The molecule has 29 heavy (non-hydrogen) atoms. The summed E-state index contributed by atoms with van der Waals surface area (Å²) in [4.78, 5) is 34.0. The van der Waals surface area contributed by atoms with Crippen LogP contribution in [-0.4, -0.2) is 45.8 Å². The Hall–Kier alpha value is -3.15. The summed E-state index contributed by atoms with van der Waals surface area (Å²) < 4.78 is 0. The van der Waals surface area contributed by atoms with Crippen molar-refractivity contribution in [2.75, 3.05) is 7.05 Å². The van der Waals surface area contributed by atoms with Crippen molar-refractivity contribution in [2.45, 2.75) is 44.7 Å². The lowest BCUT2D eigenvalue weighted by atomic mass is 10.1. The van der Waals surface area contributed by atoms with Crippen molar-refractivity contribution in [1.82, 2.24) is 20.2 Å². The molecule has 1 aliphatic carbocycles. The average Bonchev–Trinajstić information content (AvgIpc) is 3.41. The van der Waals surface area contributed by atoms with E-state index in [4.69, 9.17) is 0 Å². The van der Waals surface area contributed by atoms with E-state index in [-0.39, 0.29) is 23.9 Å². The van der Waals surface area contributed by atoms with Crippen LogP contribution in [-0.2, 0) is 4.79 Å². The highest BCUT2D eigenvalue weighted by Gasteiger charge is 2.30. The number of nitrogens with one attached hydrogen (secondary N) is 2. The van der Waals surface area contributed by atoms with Crippen molar-refractivity contribution in [1.29, 1.82) is 0 Å². The van der Waals surface area contributed by atoms with Gasteiger partial charge in [-0.05, 0) is 43.5 Å². The second kappa shape index (κ2) is 8.07. The van der Waals surface area contributed by atoms with E-state index in [2.05, 4.69) is 15.3 Å². The Labute approximate surface area is 170 Å². The first-order valence-electron chi connectivity index (χ1n) is 10.1. The van der Waals surface area contributed by atoms with Gasteiger partial charge < -0.3 is 15.2 Å². The van der Waals surface area contributed by atoms with Gasteiger partial charge in [-0.1, -0.05) is 19.1 Å². The molecule has 2 N–H and O–H groups in total. The molecule has 1 saturated carbocycles. The van der Waals surface area contributed by atoms with Crippen LogP contribution in [0.2, 0.25) is 0 Å². The van der Waals surface area contributed by atoms with Crippen molar-refractivity contribution in [3.63, 3.8) is 0 Å². The molecule has 0 aliphatic heterocycles. The van der Waals surface area contributed by atoms with Gasteiger partial charge in [0.25, 0.3) is 5.91 Å². The molecule has 0 radical (unpaired) electrons. The highest BCUT2D eigenvalue weighted by atomic mass is 16.2. The number of carbonyl (C=O) groups is 2. The van der Waals surface area contributed by atoms with Gasteiger partial charge in [0.05, 0.1) is 17.4 Å². The monoisotopic (exact) mass is 390 g/mol. The maximum absolute atomic E-state index is 12.9. The molecule has 2 amide bonds. The minimum absolute atomic E-state index is 0.0121. The van der Waals surface area contributed by atoms with Gasteiger partial charge in [0.2, 0.25) is 5.91 Å². The number of rotatable bonds is 5. The lowest BCUT2D eigenvalue weighted by Gasteiger charge is -2.25. The number of hydrogen-bond donors (Lipinski definition) is 2. The van der Waals surface area contributed by atoms with Gasteiger partial charge in [0.1, 0.15) is 0 Å². The summed E-state index contributed by atoms with van der Waals surface area (Å²) in [7, 11) is 1.85. The molecule has 1 aliphatic rings. The van der Waals surface area contributed by atoms with Crippen LogP contribution in [0.5, 0.6) is 0 Å². The van der Waals surface area contributed by atoms with Crippen LogP contribution in [0.25, 0.3) is 22.2 Å². The van der Waals surface area contributed by atoms with E-state index in [0.717, 1.165) is 41.4 Å². The SMILES string of the molecule is CCC(=O)N[C@H]1CC[C@@H](N(C)C(=O)c2ccc(-c3cc4cc[nH]c4cn3)cc2)C1. The minimum atomic E-state index is 0.0121. The van der Waals surface area contributed by atoms with E-state index < -0.39 is 0 Å². The molecule has 2 atom stereocenters. The fraction of sp³-hybridized carbons (Fsp3) is 0.348. The Kier molecular flexibility index (Phi) is 5.34. The highest BCUT2D eigenvalue weighted by Crippen LogP contribution is 2.26. The van der Waals surface area contributed by atoms with Crippen LogP contribution in [0.4, 0.5) is 0 Å². The summed E-state index contributed by atoms with van der Waals surface area (Å²) in [6.45, 7) is 1.85. The summed E-state index contributed by atoms with van der Waals surface area (Å²) in [6, 6.07) is 12.0. The fourth-order valence-corrected chi connectivity index (χ4v) is 4.03. The number of pyridine rings is 1. The third kappa shape index (κ3) is 4.01. The summed E-state index contributed by atoms with van der Waals surface area (Å²) >= 11 is 0. The number of carbonyl (C=O) groups excluding carboxylic acids is 2. The zero-order chi connectivity index (χ0) is 20.4. The van der Waals surface area contributed by atoms with Crippen LogP contribution in [0.15, 0.2) is 48.8 Å². The number of aromatic amines is 1. The number of aromatic nitrogens is 2. The predicted molar refractivity (Wildman–Crippen MR) is 113 cm³/mol. The van der Waals surface area contributed by atoms with Crippen LogP contribution >= 0.6 is 0 Å². The third-order valence-electron chi connectivity index (χ3n) is 5.82. The lowest BCUT2D eigenvalue weighted by Crippen LogP contribution is -2.38.